The Bertz CT molecular complexity index is 1330. The Hall–Kier alpha value is -3.22. The smallest absolute Gasteiger partial charge is 0.134 e. The van der Waals surface area contributed by atoms with Gasteiger partial charge in [0.25, 0.3) is 0 Å². The third kappa shape index (κ3) is 5.13. The molecule has 0 spiro atoms. The molecule has 6 nitrogen and oxygen atoms in total. The molecule has 0 bridgehead atoms. The molecule has 2 N–H and O–H groups in total. The SMILES string of the molecule is OC1=Cc2c3c(cc(O)c2=C2COC(c4ccc(OCCN5CCCCCC5)cc4)CC2=C1)=CCCO3. The quantitative estimate of drug-likeness (QED) is 0.635. The van der Waals surface area contributed by atoms with Crippen molar-refractivity contribution in [3.63, 3.8) is 0 Å². The van der Waals surface area contributed by atoms with Gasteiger partial charge in [0.2, 0.25) is 0 Å². The molecule has 2 fully saturated rings. The van der Waals surface area contributed by atoms with Crippen LogP contribution in [-0.4, -0.2) is 54.6 Å². The van der Waals surface area contributed by atoms with Gasteiger partial charge in [-0.15, -0.1) is 0 Å². The normalized spacial score (nSPS) is 21.6. The van der Waals surface area contributed by atoms with Gasteiger partial charge in [0.05, 0.1) is 19.3 Å². The second kappa shape index (κ2) is 10.6. The molecule has 194 valence electrons. The molecule has 4 aliphatic rings. The Labute approximate surface area is 217 Å². The number of phenolic OH excluding ortho intramolecular Hbond substituents is 1. The van der Waals surface area contributed by atoms with E-state index >= 15 is 0 Å². The number of ether oxygens (including phenoxy) is 3. The van der Waals surface area contributed by atoms with E-state index in [0.717, 1.165) is 40.6 Å². The lowest BCUT2D eigenvalue weighted by molar-refractivity contribution is 0.0672. The van der Waals surface area contributed by atoms with Gasteiger partial charge in [0.15, 0.2) is 0 Å². The molecule has 0 amide bonds. The number of benzene rings is 2. The van der Waals surface area contributed by atoms with Gasteiger partial charge < -0.3 is 24.4 Å². The van der Waals surface area contributed by atoms with Crippen LogP contribution in [0.1, 0.15) is 55.8 Å². The van der Waals surface area contributed by atoms with Crippen molar-refractivity contribution >= 4 is 17.7 Å². The third-order valence-corrected chi connectivity index (χ3v) is 7.82. The summed E-state index contributed by atoms with van der Waals surface area (Å²) in [5.74, 6) is 1.92. The van der Waals surface area contributed by atoms with Crippen LogP contribution in [0.15, 0.2) is 47.7 Å². The highest BCUT2D eigenvalue weighted by Crippen LogP contribution is 2.37. The monoisotopic (exact) mass is 501 g/mol. The number of allylic oxidation sites excluding steroid dienone is 1. The van der Waals surface area contributed by atoms with Gasteiger partial charge in [-0.25, -0.2) is 0 Å². The highest BCUT2D eigenvalue weighted by Gasteiger charge is 2.28. The number of aliphatic hydroxyl groups excluding tert-OH is 1. The van der Waals surface area contributed by atoms with E-state index in [9.17, 15) is 10.2 Å². The van der Waals surface area contributed by atoms with E-state index in [1.807, 2.05) is 12.1 Å². The summed E-state index contributed by atoms with van der Waals surface area (Å²) < 4.78 is 18.3. The zero-order chi connectivity index (χ0) is 25.2. The van der Waals surface area contributed by atoms with E-state index in [-0.39, 0.29) is 17.6 Å². The summed E-state index contributed by atoms with van der Waals surface area (Å²) in [5, 5.41) is 23.2. The van der Waals surface area contributed by atoms with Crippen molar-refractivity contribution in [2.75, 3.05) is 39.5 Å². The van der Waals surface area contributed by atoms with Gasteiger partial charge >= 0.3 is 0 Å². The van der Waals surface area contributed by atoms with Crippen LogP contribution in [-0.2, 0) is 4.74 Å². The van der Waals surface area contributed by atoms with Crippen LogP contribution >= 0.6 is 0 Å². The second-order valence-corrected chi connectivity index (χ2v) is 10.3. The zero-order valence-electron chi connectivity index (χ0n) is 21.2. The van der Waals surface area contributed by atoms with Crippen molar-refractivity contribution in [2.24, 2.45) is 0 Å². The lowest BCUT2D eigenvalue weighted by atomic mass is 9.91. The number of nitrogens with zero attached hydrogens (tertiary/aromatic N) is 1. The number of aromatic hydroxyl groups is 1. The highest BCUT2D eigenvalue weighted by molar-refractivity contribution is 5.78. The van der Waals surface area contributed by atoms with E-state index in [4.69, 9.17) is 14.2 Å². The summed E-state index contributed by atoms with van der Waals surface area (Å²) in [4.78, 5) is 2.51. The minimum atomic E-state index is -0.139. The Morgan fingerprint density at radius 1 is 1.00 bits per heavy atom. The molecule has 2 saturated heterocycles. The van der Waals surface area contributed by atoms with Gasteiger partial charge in [-0.3, -0.25) is 4.90 Å². The van der Waals surface area contributed by atoms with E-state index in [1.54, 1.807) is 18.2 Å². The number of likely N-dealkylation sites (tertiary alicyclic amines) is 1. The fourth-order valence-electron chi connectivity index (χ4n) is 5.89. The molecule has 1 aliphatic carbocycles. The minimum Gasteiger partial charge on any atom is -0.508 e. The largest absolute Gasteiger partial charge is 0.508 e. The lowest BCUT2D eigenvalue weighted by Gasteiger charge is -2.28. The summed E-state index contributed by atoms with van der Waals surface area (Å²) in [6, 6.07) is 9.91. The molecule has 1 atom stereocenters. The lowest BCUT2D eigenvalue weighted by Crippen LogP contribution is -2.29. The van der Waals surface area contributed by atoms with Gasteiger partial charge in [-0.05, 0) is 73.0 Å². The molecule has 1 unspecified atom stereocenters. The Morgan fingerprint density at radius 2 is 1.81 bits per heavy atom. The van der Waals surface area contributed by atoms with Gasteiger partial charge in [0, 0.05) is 35.4 Å². The van der Waals surface area contributed by atoms with Crippen molar-refractivity contribution in [3.8, 4) is 17.2 Å². The highest BCUT2D eigenvalue weighted by atomic mass is 16.5. The predicted octanol–water partition coefficient (Wildman–Crippen LogP) is 4.36. The fraction of sp³-hybridized carbons (Fsp3) is 0.419. The van der Waals surface area contributed by atoms with Crippen LogP contribution in [0, 0.1) is 0 Å². The van der Waals surface area contributed by atoms with Crippen molar-refractivity contribution in [1.29, 1.82) is 0 Å². The molecule has 3 heterocycles. The van der Waals surface area contributed by atoms with Gasteiger partial charge in [-0.1, -0.05) is 31.1 Å². The van der Waals surface area contributed by atoms with E-state index in [1.165, 1.54) is 38.8 Å². The van der Waals surface area contributed by atoms with Crippen LogP contribution in [0.4, 0.5) is 0 Å². The summed E-state index contributed by atoms with van der Waals surface area (Å²) in [7, 11) is 0. The van der Waals surface area contributed by atoms with E-state index in [0.29, 0.717) is 42.8 Å². The molecule has 0 saturated carbocycles. The van der Waals surface area contributed by atoms with Crippen molar-refractivity contribution in [1.82, 2.24) is 4.90 Å². The third-order valence-electron chi connectivity index (χ3n) is 7.82. The molecule has 2 aromatic carbocycles. The molecule has 2 aromatic rings. The molecule has 3 aliphatic heterocycles. The van der Waals surface area contributed by atoms with Crippen molar-refractivity contribution in [2.45, 2.75) is 44.6 Å². The Kier molecular flexibility index (Phi) is 6.94. The molecule has 6 heteroatoms. The fourth-order valence-corrected chi connectivity index (χ4v) is 5.89. The molecule has 6 rings (SSSR count). The number of hydrogen-bond acceptors (Lipinski definition) is 6. The van der Waals surface area contributed by atoms with Gasteiger partial charge in [0.1, 0.15) is 29.6 Å². The van der Waals surface area contributed by atoms with Crippen LogP contribution in [0.25, 0.3) is 17.7 Å². The van der Waals surface area contributed by atoms with E-state index in [2.05, 4.69) is 23.1 Å². The number of phenols is 1. The zero-order valence-corrected chi connectivity index (χ0v) is 21.2. The number of rotatable bonds is 5. The Balaban J connectivity index is 1.18. The summed E-state index contributed by atoms with van der Waals surface area (Å²) in [6.45, 7) is 4.95. The number of hydrogen-bond donors (Lipinski definition) is 2. The first-order valence-corrected chi connectivity index (χ1v) is 13.6. The molecular weight excluding hydrogens is 466 g/mol. The van der Waals surface area contributed by atoms with Crippen LogP contribution in [0.2, 0.25) is 0 Å². The topological polar surface area (TPSA) is 71.4 Å². The Morgan fingerprint density at radius 3 is 2.62 bits per heavy atom. The number of aliphatic hydroxyl groups is 1. The van der Waals surface area contributed by atoms with Crippen LogP contribution < -0.4 is 19.9 Å². The number of fused-ring (bicyclic) bond motifs is 4. The molecule has 37 heavy (non-hydrogen) atoms. The molecule has 0 radical (unpaired) electrons. The first kappa shape index (κ1) is 24.1. The summed E-state index contributed by atoms with van der Waals surface area (Å²) >= 11 is 0. The minimum absolute atomic E-state index is 0.139. The predicted molar refractivity (Wildman–Crippen MR) is 144 cm³/mol. The average Bonchev–Trinajstić information content (AvgIpc) is 3.26. The molecule has 0 aromatic heterocycles. The summed E-state index contributed by atoms with van der Waals surface area (Å²) in [5.41, 5.74) is 3.65. The molecular formula is C31H35NO5. The maximum atomic E-state index is 10.9. The van der Waals surface area contributed by atoms with Crippen LogP contribution in [0.3, 0.4) is 0 Å². The first-order chi connectivity index (χ1) is 18.2. The van der Waals surface area contributed by atoms with Crippen molar-refractivity contribution < 1.29 is 24.4 Å². The second-order valence-electron chi connectivity index (χ2n) is 10.3. The van der Waals surface area contributed by atoms with Crippen molar-refractivity contribution in [3.05, 3.63) is 69.3 Å². The average molecular weight is 502 g/mol. The standard InChI is InChI=1S/C31H35NO5/c33-24-16-23-18-29(21-7-9-25(10-8-21)35-15-13-32-11-3-1-2-4-12-32)37-20-27(23)30-26(19-24)31-22(17-28(30)34)6-5-14-36-31/h6-10,16-17,19,29,33-34H,1-5,11-15,18,20H2. The summed E-state index contributed by atoms with van der Waals surface area (Å²) in [6.07, 6.45) is 12.1. The maximum absolute atomic E-state index is 10.9. The van der Waals surface area contributed by atoms with E-state index < -0.39 is 0 Å². The van der Waals surface area contributed by atoms with Crippen LogP contribution in [0.5, 0.6) is 17.2 Å². The maximum Gasteiger partial charge on any atom is 0.134 e. The van der Waals surface area contributed by atoms with Gasteiger partial charge in [-0.2, -0.15) is 0 Å². The first-order valence-electron chi connectivity index (χ1n) is 13.6.